The molecule has 2 aromatic carbocycles. The molecule has 0 aliphatic carbocycles. The monoisotopic (exact) mass is 355 g/mol. The highest BCUT2D eigenvalue weighted by atomic mass is 16.6. The average Bonchev–Trinajstić information content (AvgIpc) is 2.68. The van der Waals surface area contributed by atoms with E-state index < -0.39 is 0 Å². The number of hydrogen-bond acceptors (Lipinski definition) is 4. The van der Waals surface area contributed by atoms with Crippen molar-refractivity contribution in [2.45, 2.75) is 13.8 Å². The zero-order valence-corrected chi connectivity index (χ0v) is 15.7. The van der Waals surface area contributed by atoms with Gasteiger partial charge in [0.1, 0.15) is 17.2 Å². The minimum Gasteiger partial charge on any atom is -0.497 e. The molecule has 0 unspecified atom stereocenters. The van der Waals surface area contributed by atoms with Crippen molar-refractivity contribution in [2.24, 2.45) is 0 Å². The first-order valence-corrected chi connectivity index (χ1v) is 8.57. The second-order valence-corrected chi connectivity index (χ2v) is 5.59. The van der Waals surface area contributed by atoms with Crippen molar-refractivity contribution in [2.75, 3.05) is 27.3 Å². The third kappa shape index (κ3) is 5.28. The Morgan fingerprint density at radius 3 is 1.88 bits per heavy atom. The predicted octanol–water partition coefficient (Wildman–Crippen LogP) is 4.71. The number of amides is 1. The van der Waals surface area contributed by atoms with E-state index in [2.05, 4.69) is 0 Å². The van der Waals surface area contributed by atoms with Crippen LogP contribution in [0, 0.1) is 0 Å². The molecule has 2 rings (SSSR count). The Kier molecular flexibility index (Phi) is 7.09. The SMILES string of the molecule is CCN(CC)C(=O)Oc1ccc(/C=C/c2cc(OC)cc(OC)c2)cc1. The van der Waals surface area contributed by atoms with E-state index in [4.69, 9.17) is 14.2 Å². The predicted molar refractivity (Wildman–Crippen MR) is 104 cm³/mol. The topological polar surface area (TPSA) is 48.0 Å². The third-order valence-corrected chi connectivity index (χ3v) is 3.95. The van der Waals surface area contributed by atoms with E-state index in [0.717, 1.165) is 22.6 Å². The Bertz CT molecular complexity index is 727. The van der Waals surface area contributed by atoms with Crippen LogP contribution in [0.15, 0.2) is 42.5 Å². The number of ether oxygens (including phenoxy) is 3. The van der Waals surface area contributed by atoms with Crippen LogP contribution in [0.2, 0.25) is 0 Å². The maximum atomic E-state index is 12.0. The molecule has 1 amide bonds. The van der Waals surface area contributed by atoms with Gasteiger partial charge in [-0.25, -0.2) is 4.79 Å². The van der Waals surface area contributed by atoms with Gasteiger partial charge in [-0.1, -0.05) is 24.3 Å². The lowest BCUT2D eigenvalue weighted by molar-refractivity contribution is 0.157. The second-order valence-electron chi connectivity index (χ2n) is 5.59. The summed E-state index contributed by atoms with van der Waals surface area (Å²) in [6, 6.07) is 13.1. The first-order chi connectivity index (χ1) is 12.6. The van der Waals surface area contributed by atoms with Gasteiger partial charge < -0.3 is 19.1 Å². The van der Waals surface area contributed by atoms with Crippen LogP contribution in [0.4, 0.5) is 4.79 Å². The van der Waals surface area contributed by atoms with Crippen LogP contribution in [0.3, 0.4) is 0 Å². The first-order valence-electron chi connectivity index (χ1n) is 8.57. The molecule has 0 atom stereocenters. The average molecular weight is 355 g/mol. The van der Waals surface area contributed by atoms with Crippen molar-refractivity contribution >= 4 is 18.2 Å². The Morgan fingerprint density at radius 2 is 1.38 bits per heavy atom. The molecule has 0 bridgehead atoms. The second kappa shape index (κ2) is 9.51. The number of carbonyl (C=O) groups is 1. The Hall–Kier alpha value is -2.95. The third-order valence-electron chi connectivity index (χ3n) is 3.95. The summed E-state index contributed by atoms with van der Waals surface area (Å²) in [4.78, 5) is 13.6. The molecular weight excluding hydrogens is 330 g/mol. The highest BCUT2D eigenvalue weighted by Gasteiger charge is 2.11. The number of nitrogens with zero attached hydrogens (tertiary/aromatic N) is 1. The van der Waals surface area contributed by atoms with Gasteiger partial charge in [0, 0.05) is 19.2 Å². The Morgan fingerprint density at radius 1 is 0.846 bits per heavy atom. The van der Waals surface area contributed by atoms with Gasteiger partial charge in [0.25, 0.3) is 0 Å². The molecule has 0 spiro atoms. The molecule has 0 aromatic heterocycles. The smallest absolute Gasteiger partial charge is 0.415 e. The molecule has 0 saturated heterocycles. The molecule has 26 heavy (non-hydrogen) atoms. The van der Waals surface area contributed by atoms with Crippen LogP contribution >= 0.6 is 0 Å². The molecule has 0 heterocycles. The van der Waals surface area contributed by atoms with E-state index in [1.807, 2.05) is 56.3 Å². The lowest BCUT2D eigenvalue weighted by Crippen LogP contribution is -2.33. The molecule has 0 aliphatic heterocycles. The first kappa shape index (κ1) is 19.4. The normalized spacial score (nSPS) is 10.6. The van der Waals surface area contributed by atoms with Crippen molar-refractivity contribution in [1.29, 1.82) is 0 Å². The standard InChI is InChI=1S/C21H25NO4/c1-5-22(6-2)21(23)26-18-11-9-16(10-12-18)7-8-17-13-19(24-3)15-20(14-17)25-4/h7-15H,5-6H2,1-4H3/b8-7+. The van der Waals surface area contributed by atoms with Gasteiger partial charge in [0.15, 0.2) is 0 Å². The lowest BCUT2D eigenvalue weighted by Gasteiger charge is -2.17. The minimum absolute atomic E-state index is 0.332. The van der Waals surface area contributed by atoms with Crippen molar-refractivity contribution in [3.8, 4) is 17.2 Å². The fraction of sp³-hybridized carbons (Fsp3) is 0.286. The van der Waals surface area contributed by atoms with Gasteiger partial charge in [-0.2, -0.15) is 0 Å². The van der Waals surface area contributed by atoms with Crippen LogP contribution in [0.5, 0.6) is 17.2 Å². The summed E-state index contributed by atoms with van der Waals surface area (Å²) in [5, 5.41) is 0. The van der Waals surface area contributed by atoms with Gasteiger partial charge in [-0.3, -0.25) is 0 Å². The summed E-state index contributed by atoms with van der Waals surface area (Å²) in [6.07, 6.45) is 3.62. The molecule has 0 fully saturated rings. The van der Waals surface area contributed by atoms with Gasteiger partial charge in [0.2, 0.25) is 0 Å². The maximum Gasteiger partial charge on any atom is 0.415 e. The van der Waals surface area contributed by atoms with Crippen molar-refractivity contribution in [3.05, 3.63) is 53.6 Å². The van der Waals surface area contributed by atoms with E-state index in [0.29, 0.717) is 18.8 Å². The molecule has 0 N–H and O–H groups in total. The molecule has 5 nitrogen and oxygen atoms in total. The lowest BCUT2D eigenvalue weighted by atomic mass is 10.1. The number of carbonyl (C=O) groups excluding carboxylic acids is 1. The zero-order chi connectivity index (χ0) is 18.9. The highest BCUT2D eigenvalue weighted by Crippen LogP contribution is 2.24. The fourth-order valence-electron chi connectivity index (χ4n) is 2.41. The van der Waals surface area contributed by atoms with Gasteiger partial charge in [0.05, 0.1) is 14.2 Å². The van der Waals surface area contributed by atoms with Gasteiger partial charge in [-0.05, 0) is 49.2 Å². The van der Waals surface area contributed by atoms with Crippen LogP contribution in [0.25, 0.3) is 12.2 Å². The summed E-state index contributed by atoms with van der Waals surface area (Å²) in [5.41, 5.74) is 1.97. The van der Waals surface area contributed by atoms with E-state index >= 15 is 0 Å². The van der Waals surface area contributed by atoms with E-state index in [-0.39, 0.29) is 6.09 Å². The molecule has 0 saturated carbocycles. The summed E-state index contributed by atoms with van der Waals surface area (Å²) in [5.74, 6) is 2.01. The van der Waals surface area contributed by atoms with Crippen molar-refractivity contribution in [3.63, 3.8) is 0 Å². The largest absolute Gasteiger partial charge is 0.497 e. The molecule has 2 aromatic rings. The molecular formula is C21H25NO4. The number of hydrogen-bond donors (Lipinski definition) is 0. The van der Waals surface area contributed by atoms with E-state index in [1.54, 1.807) is 31.3 Å². The highest BCUT2D eigenvalue weighted by molar-refractivity contribution is 5.73. The van der Waals surface area contributed by atoms with Crippen LogP contribution in [-0.2, 0) is 0 Å². The summed E-state index contributed by atoms with van der Waals surface area (Å²) >= 11 is 0. The number of methoxy groups -OCH3 is 2. The van der Waals surface area contributed by atoms with Crippen LogP contribution in [-0.4, -0.2) is 38.3 Å². The Balaban J connectivity index is 2.07. The molecule has 138 valence electrons. The van der Waals surface area contributed by atoms with E-state index in [1.165, 1.54) is 0 Å². The number of rotatable bonds is 7. The zero-order valence-electron chi connectivity index (χ0n) is 15.7. The summed E-state index contributed by atoms with van der Waals surface area (Å²) in [7, 11) is 3.25. The summed E-state index contributed by atoms with van der Waals surface area (Å²) < 4.78 is 15.9. The maximum absolute atomic E-state index is 12.0. The fourth-order valence-corrected chi connectivity index (χ4v) is 2.41. The molecule has 5 heteroatoms. The molecule has 0 radical (unpaired) electrons. The van der Waals surface area contributed by atoms with Crippen LogP contribution < -0.4 is 14.2 Å². The minimum atomic E-state index is -0.332. The van der Waals surface area contributed by atoms with Crippen molar-refractivity contribution in [1.82, 2.24) is 4.90 Å². The quantitative estimate of drug-likeness (QED) is 0.675. The van der Waals surface area contributed by atoms with Crippen LogP contribution in [0.1, 0.15) is 25.0 Å². The molecule has 0 aliphatic rings. The number of benzene rings is 2. The van der Waals surface area contributed by atoms with Gasteiger partial charge in [-0.15, -0.1) is 0 Å². The van der Waals surface area contributed by atoms with Gasteiger partial charge >= 0.3 is 6.09 Å². The summed E-state index contributed by atoms with van der Waals surface area (Å²) in [6.45, 7) is 5.10. The van der Waals surface area contributed by atoms with E-state index in [9.17, 15) is 4.79 Å². The van der Waals surface area contributed by atoms with Crippen molar-refractivity contribution < 1.29 is 19.0 Å². The Labute approximate surface area is 154 Å².